The SMILES string of the molecule is CC=c1c(Cc2cc(C)cc(C3CCOCC3)c2)c2c(n1C[C@@H]1C3=C([C@H](C)C[C@@H](O)[C@@H]4OC4(C)C)C(=O)C[C@@]3(C)[C@@]3(C)CC[C@@H]4[C@](C)(CCC(=O)[C@@]4(C)CCNC)[C@@H]3[C@@H]1O)=CC=N2. The quantitative estimate of drug-likeness (QED) is 0.190. The molecule has 0 radical (unpaired) electrons. The van der Waals surface area contributed by atoms with Crippen molar-refractivity contribution in [2.24, 2.45) is 50.3 Å². The molecule has 4 heterocycles. The molecule has 0 amide bonds. The lowest BCUT2D eigenvalue weighted by Crippen LogP contribution is -2.68. The van der Waals surface area contributed by atoms with Crippen molar-refractivity contribution < 1.29 is 29.3 Å². The summed E-state index contributed by atoms with van der Waals surface area (Å²) in [6.07, 6.45) is 12.0. The van der Waals surface area contributed by atoms with Gasteiger partial charge >= 0.3 is 0 Å². The van der Waals surface area contributed by atoms with Gasteiger partial charge in [0.15, 0.2) is 5.78 Å². The molecular weight excluding hydrogens is 787 g/mol. The topological polar surface area (TPSA) is 126 Å². The Kier molecular flexibility index (Phi) is 11.4. The number of carbonyl (C=O) groups is 2. The monoisotopic (exact) mass is 862 g/mol. The highest BCUT2D eigenvalue weighted by Gasteiger charge is 2.72. The Hall–Kier alpha value is -3.21. The molecule has 342 valence electrons. The van der Waals surface area contributed by atoms with Gasteiger partial charge in [-0.2, -0.15) is 0 Å². The molecule has 2 aromatic rings. The Bertz CT molecular complexity index is 2370. The Labute approximate surface area is 375 Å². The molecule has 9 rings (SSSR count). The van der Waals surface area contributed by atoms with Crippen LogP contribution >= 0.6 is 0 Å². The minimum absolute atomic E-state index is 0.124. The van der Waals surface area contributed by atoms with E-state index < -0.39 is 28.5 Å². The molecule has 0 spiro atoms. The second kappa shape index (κ2) is 16.0. The maximum Gasteiger partial charge on any atom is 0.160 e. The number of hydrogen-bond donors (Lipinski definition) is 3. The van der Waals surface area contributed by atoms with Gasteiger partial charge in [0.25, 0.3) is 0 Å². The molecule has 2 saturated heterocycles. The highest BCUT2D eigenvalue weighted by Crippen LogP contribution is 2.75. The van der Waals surface area contributed by atoms with Gasteiger partial charge in [0, 0.05) is 72.9 Å². The van der Waals surface area contributed by atoms with Crippen molar-refractivity contribution in [1.29, 1.82) is 0 Å². The number of epoxide rings is 1. The maximum absolute atomic E-state index is 15.0. The van der Waals surface area contributed by atoms with Gasteiger partial charge in [0.1, 0.15) is 11.9 Å². The first-order valence-electron chi connectivity index (χ1n) is 24.4. The number of aryl methyl sites for hydroxylation is 1. The minimum Gasteiger partial charge on any atom is -0.392 e. The summed E-state index contributed by atoms with van der Waals surface area (Å²) in [5, 5.41) is 30.7. The number of rotatable bonds is 12. The molecule has 3 saturated carbocycles. The highest BCUT2D eigenvalue weighted by molar-refractivity contribution is 6.01. The number of benzene rings is 1. The zero-order valence-corrected chi connectivity index (χ0v) is 39.9. The molecule has 7 aliphatic rings. The van der Waals surface area contributed by atoms with Crippen LogP contribution in [0.3, 0.4) is 0 Å². The van der Waals surface area contributed by atoms with Crippen LogP contribution in [0.1, 0.15) is 141 Å². The van der Waals surface area contributed by atoms with E-state index >= 15 is 0 Å². The molecule has 3 N–H and O–H groups in total. The summed E-state index contributed by atoms with van der Waals surface area (Å²) in [7, 11) is 1.96. The first-order chi connectivity index (χ1) is 29.8. The number of carbonyl (C=O) groups excluding carboxylic acids is 2. The Morgan fingerprint density at radius 2 is 1.78 bits per heavy atom. The van der Waals surface area contributed by atoms with Gasteiger partial charge in [-0.25, -0.2) is 0 Å². The number of aliphatic hydroxyl groups is 2. The number of aromatic nitrogens is 1. The van der Waals surface area contributed by atoms with Crippen LogP contribution in [0.15, 0.2) is 34.3 Å². The van der Waals surface area contributed by atoms with Gasteiger partial charge < -0.3 is 29.6 Å². The number of nitrogens with one attached hydrogen (secondary N) is 1. The first kappa shape index (κ1) is 45.0. The van der Waals surface area contributed by atoms with E-state index in [0.29, 0.717) is 37.5 Å². The molecular formula is C54H75N3O6. The second-order valence-corrected chi connectivity index (χ2v) is 22.6. The largest absolute Gasteiger partial charge is 0.392 e. The van der Waals surface area contributed by atoms with Crippen molar-refractivity contribution in [2.75, 3.05) is 26.8 Å². The molecule has 1 aromatic heterocycles. The fourth-order valence-electron chi connectivity index (χ4n) is 15.4. The van der Waals surface area contributed by atoms with Crippen LogP contribution < -0.4 is 16.0 Å². The lowest BCUT2D eigenvalue weighted by Gasteiger charge is -2.70. The molecule has 11 atom stereocenters. The molecule has 63 heavy (non-hydrogen) atoms. The maximum atomic E-state index is 15.0. The van der Waals surface area contributed by atoms with E-state index in [-0.39, 0.29) is 46.6 Å². The fraction of sp³-hybridized carbons (Fsp3) is 0.685. The molecule has 5 fully saturated rings. The fourth-order valence-corrected chi connectivity index (χ4v) is 15.4. The summed E-state index contributed by atoms with van der Waals surface area (Å²) >= 11 is 0. The van der Waals surface area contributed by atoms with E-state index in [0.717, 1.165) is 92.2 Å². The first-order valence-corrected chi connectivity index (χ1v) is 24.4. The molecule has 4 aliphatic carbocycles. The standard InChI is InChI=1S/C54H75N3O6/c1-11-38-36(28-33-24-31(2)25-35(27-33)34-15-22-62-23-16-34)46-39(14-20-56-46)57(38)30-37-45-44(32(3)26-40(58)49-50(4,5)63-49)41(59)29-54(45,9)53(8)18-12-42-51(6,19-21-55-10)43(60)13-17-52(42,7)48(53)47(37)61/h11,14,20,24-25,27,32,34,37,40,42,47-49,55,58,61H,12-13,15-19,21-23,26,28-30H2,1-10H3/t32-,37-,40-,42+,47-,48+,49+,51+,52+,53+,54-/m1/s1. The number of hydrogen-bond acceptors (Lipinski definition) is 8. The van der Waals surface area contributed by atoms with Gasteiger partial charge in [-0.1, -0.05) is 64.5 Å². The summed E-state index contributed by atoms with van der Waals surface area (Å²) < 4.78 is 14.0. The van der Waals surface area contributed by atoms with Crippen LogP contribution in [-0.4, -0.2) is 83.3 Å². The van der Waals surface area contributed by atoms with Crippen molar-refractivity contribution in [3.05, 3.63) is 62.3 Å². The van der Waals surface area contributed by atoms with Crippen LogP contribution in [0.2, 0.25) is 0 Å². The van der Waals surface area contributed by atoms with Gasteiger partial charge in [-0.3, -0.25) is 14.6 Å². The van der Waals surface area contributed by atoms with Crippen molar-refractivity contribution in [1.82, 2.24) is 9.88 Å². The van der Waals surface area contributed by atoms with E-state index in [2.05, 4.69) is 88.7 Å². The number of fused-ring (bicyclic) bond motifs is 6. The van der Waals surface area contributed by atoms with Gasteiger partial charge in [-0.05, 0) is 149 Å². The smallest absolute Gasteiger partial charge is 0.160 e. The lowest BCUT2D eigenvalue weighted by atomic mass is 9.34. The molecule has 1 aromatic carbocycles. The summed E-state index contributed by atoms with van der Waals surface area (Å²) in [5.74, 6) is 0.418. The summed E-state index contributed by atoms with van der Waals surface area (Å²) in [5.41, 5.74) is 5.94. The predicted octanol–water partition coefficient (Wildman–Crippen LogP) is 7.43. The number of ketones is 2. The average molecular weight is 862 g/mol. The Morgan fingerprint density at radius 1 is 1.05 bits per heavy atom. The van der Waals surface area contributed by atoms with Crippen LogP contribution in [-0.2, 0) is 32.0 Å². The highest BCUT2D eigenvalue weighted by atomic mass is 16.6. The van der Waals surface area contributed by atoms with E-state index in [1.165, 1.54) is 22.3 Å². The average Bonchev–Trinajstić information content (AvgIpc) is 3.48. The Balaban J connectivity index is 1.17. The van der Waals surface area contributed by atoms with Crippen LogP contribution in [0, 0.1) is 52.3 Å². The molecule has 0 unspecified atom stereocenters. The third kappa shape index (κ3) is 6.98. The number of aliphatic imine (C=N–C) groups is 1. The van der Waals surface area contributed by atoms with Crippen molar-refractivity contribution in [3.63, 3.8) is 0 Å². The van der Waals surface area contributed by atoms with E-state index in [4.69, 9.17) is 14.5 Å². The number of aliphatic hydroxyl groups excluding tert-OH is 2. The molecule has 0 bridgehead atoms. The zero-order valence-electron chi connectivity index (χ0n) is 39.9. The summed E-state index contributed by atoms with van der Waals surface area (Å²) in [4.78, 5) is 34.1. The van der Waals surface area contributed by atoms with E-state index in [1.54, 1.807) is 0 Å². The third-order valence-corrected chi connectivity index (χ3v) is 18.7. The summed E-state index contributed by atoms with van der Waals surface area (Å²) in [6.45, 7) is 22.6. The van der Waals surface area contributed by atoms with Crippen molar-refractivity contribution >= 4 is 35.6 Å². The van der Waals surface area contributed by atoms with Gasteiger partial charge in [0.2, 0.25) is 0 Å². The van der Waals surface area contributed by atoms with E-state index in [1.807, 2.05) is 27.1 Å². The zero-order chi connectivity index (χ0) is 45.0. The van der Waals surface area contributed by atoms with Crippen LogP contribution in [0.5, 0.6) is 0 Å². The van der Waals surface area contributed by atoms with Crippen LogP contribution in [0.4, 0.5) is 5.69 Å². The van der Waals surface area contributed by atoms with Gasteiger partial charge in [0.05, 0.1) is 28.8 Å². The normalized spacial score (nSPS) is 37.1. The second-order valence-electron chi connectivity index (χ2n) is 22.6. The van der Waals surface area contributed by atoms with Crippen molar-refractivity contribution in [2.45, 2.75) is 163 Å². The number of Topliss-reactive ketones (excluding diaryl/α,β-unsaturated/α-hetero) is 2. The lowest BCUT2D eigenvalue weighted by molar-refractivity contribution is -0.222. The van der Waals surface area contributed by atoms with E-state index in [9.17, 15) is 19.8 Å². The van der Waals surface area contributed by atoms with Crippen molar-refractivity contribution in [3.8, 4) is 0 Å². The minimum atomic E-state index is -0.760. The number of nitrogens with zero attached hydrogens (tertiary/aromatic N) is 2. The number of ether oxygens (including phenoxy) is 2. The molecule has 9 heteroatoms. The summed E-state index contributed by atoms with van der Waals surface area (Å²) in [6, 6.07) is 7.06. The predicted molar refractivity (Wildman–Crippen MR) is 250 cm³/mol. The number of allylic oxidation sites excluding steroid dienone is 1. The molecule has 3 aliphatic heterocycles. The molecule has 9 nitrogen and oxygen atoms in total. The van der Waals surface area contributed by atoms with Gasteiger partial charge in [-0.15, -0.1) is 0 Å². The Morgan fingerprint density at radius 3 is 2.46 bits per heavy atom. The van der Waals surface area contributed by atoms with Crippen LogP contribution in [0.25, 0.3) is 12.2 Å². The third-order valence-electron chi connectivity index (χ3n) is 18.7.